The highest BCUT2D eigenvalue weighted by atomic mass is 15.1. The number of aryl methyl sites for hydroxylation is 5. The maximum Gasteiger partial charge on any atom is 0.0467 e. The largest absolute Gasteiger partial charge is 0.310 e. The van der Waals surface area contributed by atoms with Crippen LogP contribution in [0.1, 0.15) is 51.8 Å². The molecule has 0 N–H and O–H groups in total. The van der Waals surface area contributed by atoms with Gasteiger partial charge in [0.05, 0.1) is 0 Å². The van der Waals surface area contributed by atoms with Crippen LogP contribution in [-0.2, 0) is 0 Å². The van der Waals surface area contributed by atoms with Gasteiger partial charge in [-0.05, 0) is 121 Å². The maximum absolute atomic E-state index is 2.42. The van der Waals surface area contributed by atoms with Gasteiger partial charge in [-0.3, -0.25) is 0 Å². The van der Waals surface area contributed by atoms with Crippen LogP contribution in [0.3, 0.4) is 0 Å². The zero-order chi connectivity index (χ0) is 22.6. The van der Waals surface area contributed by atoms with Gasteiger partial charge in [-0.2, -0.15) is 0 Å². The molecule has 160 valence electrons. The monoisotopic (exact) mass is 417 g/mol. The van der Waals surface area contributed by atoms with Crippen molar-refractivity contribution < 1.29 is 0 Å². The summed E-state index contributed by atoms with van der Waals surface area (Å²) in [6.45, 7) is 13.4. The molecule has 0 amide bonds. The molecule has 0 saturated carbocycles. The minimum Gasteiger partial charge on any atom is -0.310 e. The summed E-state index contributed by atoms with van der Waals surface area (Å²) in [4.78, 5) is 2.42. The third-order valence-electron chi connectivity index (χ3n) is 7.27. The van der Waals surface area contributed by atoms with Gasteiger partial charge in [0, 0.05) is 23.0 Å². The Labute approximate surface area is 192 Å². The van der Waals surface area contributed by atoms with E-state index in [0.717, 1.165) is 0 Å². The third kappa shape index (κ3) is 3.24. The fourth-order valence-electron chi connectivity index (χ4n) is 5.08. The van der Waals surface area contributed by atoms with E-state index in [0.29, 0.717) is 5.92 Å². The molecular weight excluding hydrogens is 386 g/mol. The summed E-state index contributed by atoms with van der Waals surface area (Å²) in [7, 11) is 0. The summed E-state index contributed by atoms with van der Waals surface area (Å²) < 4.78 is 0. The standard InChI is InChI=1S/C31H31N/c1-19-11-13-25(15-21(19)3)32(26-14-12-20(2)22(4)16-26)27-17-23(5)31-29-10-8-7-9-28(29)24(6)30(31)18-27/h7-18,24H,1-6H3. The number of hydrogen-bond acceptors (Lipinski definition) is 1. The molecule has 1 unspecified atom stereocenters. The summed E-state index contributed by atoms with van der Waals surface area (Å²) in [6, 6.07) is 27.2. The summed E-state index contributed by atoms with van der Waals surface area (Å²) >= 11 is 0. The van der Waals surface area contributed by atoms with E-state index in [9.17, 15) is 0 Å². The molecule has 0 spiro atoms. The lowest BCUT2D eigenvalue weighted by atomic mass is 9.96. The molecule has 1 aliphatic rings. The Morgan fingerprint density at radius 2 is 1.09 bits per heavy atom. The van der Waals surface area contributed by atoms with Crippen molar-refractivity contribution >= 4 is 17.1 Å². The minimum atomic E-state index is 0.404. The molecule has 0 bridgehead atoms. The van der Waals surface area contributed by atoms with Crippen LogP contribution in [0, 0.1) is 34.6 Å². The number of nitrogens with zero attached hydrogens (tertiary/aromatic N) is 1. The first-order chi connectivity index (χ1) is 15.3. The molecule has 0 aromatic heterocycles. The summed E-state index contributed by atoms with van der Waals surface area (Å²) in [5, 5.41) is 0. The molecule has 0 radical (unpaired) electrons. The molecular formula is C31H31N. The van der Waals surface area contributed by atoms with Crippen LogP contribution in [0.4, 0.5) is 17.1 Å². The van der Waals surface area contributed by atoms with Gasteiger partial charge in [0.2, 0.25) is 0 Å². The Balaban J connectivity index is 1.73. The number of anilines is 3. The maximum atomic E-state index is 2.42. The molecule has 4 aromatic carbocycles. The van der Waals surface area contributed by atoms with Crippen LogP contribution in [0.2, 0.25) is 0 Å². The normalized spacial score (nSPS) is 14.2. The second-order valence-electron chi connectivity index (χ2n) is 9.41. The van der Waals surface area contributed by atoms with E-state index >= 15 is 0 Å². The van der Waals surface area contributed by atoms with E-state index in [4.69, 9.17) is 0 Å². The first-order valence-corrected chi connectivity index (χ1v) is 11.5. The van der Waals surface area contributed by atoms with Crippen molar-refractivity contribution in [1.29, 1.82) is 0 Å². The van der Waals surface area contributed by atoms with Crippen molar-refractivity contribution in [2.45, 2.75) is 47.5 Å². The molecule has 4 aromatic rings. The zero-order valence-corrected chi connectivity index (χ0v) is 20.0. The van der Waals surface area contributed by atoms with Crippen molar-refractivity contribution in [3.63, 3.8) is 0 Å². The molecule has 1 aliphatic carbocycles. The smallest absolute Gasteiger partial charge is 0.0467 e. The van der Waals surface area contributed by atoms with Gasteiger partial charge in [0.25, 0.3) is 0 Å². The van der Waals surface area contributed by atoms with Gasteiger partial charge in [-0.1, -0.05) is 43.3 Å². The second kappa shape index (κ2) is 7.67. The van der Waals surface area contributed by atoms with Gasteiger partial charge >= 0.3 is 0 Å². The lowest BCUT2D eigenvalue weighted by Crippen LogP contribution is -2.12. The second-order valence-corrected chi connectivity index (χ2v) is 9.41. The Morgan fingerprint density at radius 3 is 1.69 bits per heavy atom. The summed E-state index contributed by atoms with van der Waals surface area (Å²) in [6.07, 6.45) is 0. The topological polar surface area (TPSA) is 3.24 Å². The molecule has 1 nitrogen and oxygen atoms in total. The van der Waals surface area contributed by atoms with Crippen LogP contribution in [-0.4, -0.2) is 0 Å². The van der Waals surface area contributed by atoms with Crippen molar-refractivity contribution in [3.05, 3.63) is 112 Å². The summed E-state index contributed by atoms with van der Waals surface area (Å²) in [5.74, 6) is 0.404. The SMILES string of the molecule is Cc1ccc(N(c2ccc(C)c(C)c2)c2cc(C)c3c(c2)C(C)c2ccccc2-3)cc1C. The van der Waals surface area contributed by atoms with E-state index < -0.39 is 0 Å². The fourth-order valence-corrected chi connectivity index (χ4v) is 5.08. The zero-order valence-electron chi connectivity index (χ0n) is 20.0. The highest BCUT2D eigenvalue weighted by Gasteiger charge is 2.28. The molecule has 5 rings (SSSR count). The van der Waals surface area contributed by atoms with Crippen molar-refractivity contribution in [1.82, 2.24) is 0 Å². The lowest BCUT2D eigenvalue weighted by molar-refractivity contribution is 0.955. The predicted octanol–water partition coefficient (Wildman–Crippen LogP) is 8.83. The van der Waals surface area contributed by atoms with Crippen molar-refractivity contribution in [3.8, 4) is 11.1 Å². The molecule has 0 heterocycles. The quantitative estimate of drug-likeness (QED) is 0.322. The lowest BCUT2D eigenvalue weighted by Gasteiger charge is -2.28. The minimum absolute atomic E-state index is 0.404. The van der Waals surface area contributed by atoms with E-state index in [1.54, 1.807) is 0 Å². The van der Waals surface area contributed by atoms with Gasteiger partial charge in [0.15, 0.2) is 0 Å². The Morgan fingerprint density at radius 1 is 0.531 bits per heavy atom. The number of benzene rings is 4. The highest BCUT2D eigenvalue weighted by molar-refractivity contribution is 5.86. The molecule has 0 fully saturated rings. The van der Waals surface area contributed by atoms with E-state index in [1.165, 1.54) is 67.1 Å². The predicted molar refractivity (Wildman–Crippen MR) is 138 cm³/mol. The van der Waals surface area contributed by atoms with Crippen LogP contribution >= 0.6 is 0 Å². The Hall–Kier alpha value is -3.32. The Kier molecular flexibility index (Phi) is 4.93. The Bertz CT molecular complexity index is 1290. The van der Waals surface area contributed by atoms with Gasteiger partial charge in [0.1, 0.15) is 0 Å². The highest BCUT2D eigenvalue weighted by Crippen LogP contribution is 2.49. The molecule has 32 heavy (non-hydrogen) atoms. The van der Waals surface area contributed by atoms with Crippen LogP contribution < -0.4 is 4.90 Å². The van der Waals surface area contributed by atoms with Crippen molar-refractivity contribution in [2.75, 3.05) is 4.90 Å². The first-order valence-electron chi connectivity index (χ1n) is 11.5. The fraction of sp³-hybridized carbons (Fsp3) is 0.226. The van der Waals surface area contributed by atoms with Crippen LogP contribution in [0.5, 0.6) is 0 Å². The average Bonchev–Trinajstić information content (AvgIpc) is 3.06. The van der Waals surface area contributed by atoms with Gasteiger partial charge < -0.3 is 4.90 Å². The van der Waals surface area contributed by atoms with E-state index in [-0.39, 0.29) is 0 Å². The molecule has 1 atom stereocenters. The van der Waals surface area contributed by atoms with E-state index in [2.05, 4.69) is 119 Å². The van der Waals surface area contributed by atoms with Gasteiger partial charge in [-0.25, -0.2) is 0 Å². The third-order valence-corrected chi connectivity index (χ3v) is 7.27. The van der Waals surface area contributed by atoms with Gasteiger partial charge in [-0.15, -0.1) is 0 Å². The number of fused-ring (bicyclic) bond motifs is 3. The number of hydrogen-bond donors (Lipinski definition) is 0. The molecule has 0 aliphatic heterocycles. The molecule has 1 heteroatoms. The van der Waals surface area contributed by atoms with Crippen LogP contribution in [0.15, 0.2) is 72.8 Å². The van der Waals surface area contributed by atoms with E-state index in [1.807, 2.05) is 0 Å². The average molecular weight is 418 g/mol. The number of rotatable bonds is 3. The summed E-state index contributed by atoms with van der Waals surface area (Å²) in [5.41, 5.74) is 15.9. The first kappa shape index (κ1) is 20.6. The van der Waals surface area contributed by atoms with Crippen LogP contribution in [0.25, 0.3) is 11.1 Å². The van der Waals surface area contributed by atoms with Crippen molar-refractivity contribution in [2.24, 2.45) is 0 Å². The molecule has 0 saturated heterocycles.